The lowest BCUT2D eigenvalue weighted by molar-refractivity contribution is -0.127. The molecule has 10 heavy (non-hydrogen) atoms. The summed E-state index contributed by atoms with van der Waals surface area (Å²) in [4.78, 5) is 10.8. The molecule has 0 bridgehead atoms. The number of carbonyl (C=O) groups is 1. The first-order valence-electron chi connectivity index (χ1n) is 3.12. The average molecular weight is 140 g/mol. The van der Waals surface area contributed by atoms with E-state index in [1.807, 2.05) is 0 Å². The maximum Gasteiger partial charge on any atom is 0.138 e. The maximum atomic E-state index is 10.8. The Morgan fingerprint density at radius 1 is 1.80 bits per heavy atom. The highest BCUT2D eigenvalue weighted by molar-refractivity contribution is 5.82. The lowest BCUT2D eigenvalue weighted by Crippen LogP contribution is -2.29. The van der Waals surface area contributed by atoms with E-state index in [1.165, 1.54) is 6.92 Å². The Morgan fingerprint density at radius 3 is 2.40 bits per heavy atom. The summed E-state index contributed by atoms with van der Waals surface area (Å²) in [7, 11) is 0. The number of terminal acetylenes is 1. The Morgan fingerprint density at radius 2 is 2.30 bits per heavy atom. The quantitative estimate of drug-likeness (QED) is 0.583. The predicted molar refractivity (Wildman–Crippen MR) is 39.3 cm³/mol. The fourth-order valence-electron chi connectivity index (χ4n) is 0.517. The highest BCUT2D eigenvalue weighted by Gasteiger charge is 2.27. The summed E-state index contributed by atoms with van der Waals surface area (Å²) < 4.78 is 0. The van der Waals surface area contributed by atoms with Crippen LogP contribution in [0.2, 0.25) is 0 Å². The van der Waals surface area contributed by atoms with E-state index >= 15 is 0 Å². The number of aliphatic hydroxyl groups excluding tert-OH is 1. The van der Waals surface area contributed by atoms with Gasteiger partial charge in [-0.1, -0.05) is 0 Å². The van der Waals surface area contributed by atoms with Gasteiger partial charge in [0.1, 0.15) is 5.78 Å². The summed E-state index contributed by atoms with van der Waals surface area (Å²) in [6.45, 7) is 2.93. The molecule has 0 aromatic heterocycles. The Balaban J connectivity index is 4.26. The first-order chi connectivity index (χ1) is 4.56. The summed E-state index contributed by atoms with van der Waals surface area (Å²) in [5, 5.41) is 8.77. The first kappa shape index (κ1) is 9.19. The SMILES string of the molecule is C#CCC(C)(CO)C(C)=O. The van der Waals surface area contributed by atoms with Crippen LogP contribution in [0.1, 0.15) is 20.3 Å². The van der Waals surface area contributed by atoms with Crippen LogP contribution in [0, 0.1) is 17.8 Å². The number of Topliss-reactive ketones (excluding diaryl/α,β-unsaturated/α-hetero) is 1. The van der Waals surface area contributed by atoms with Crippen LogP contribution in [0.25, 0.3) is 0 Å². The summed E-state index contributed by atoms with van der Waals surface area (Å²) in [6, 6.07) is 0. The molecule has 0 aromatic rings. The third-order valence-corrected chi connectivity index (χ3v) is 1.69. The Labute approximate surface area is 61.2 Å². The van der Waals surface area contributed by atoms with Crippen LogP contribution >= 0.6 is 0 Å². The minimum Gasteiger partial charge on any atom is -0.395 e. The van der Waals surface area contributed by atoms with Crippen molar-refractivity contribution in [2.75, 3.05) is 6.61 Å². The Hall–Kier alpha value is -0.810. The molecule has 0 radical (unpaired) electrons. The van der Waals surface area contributed by atoms with Crippen LogP contribution < -0.4 is 0 Å². The van der Waals surface area contributed by atoms with Crippen molar-refractivity contribution in [3.8, 4) is 12.3 Å². The lowest BCUT2D eigenvalue weighted by Gasteiger charge is -2.20. The fraction of sp³-hybridized carbons (Fsp3) is 0.625. The molecule has 0 aliphatic rings. The fourth-order valence-corrected chi connectivity index (χ4v) is 0.517. The van der Waals surface area contributed by atoms with Crippen molar-refractivity contribution in [3.63, 3.8) is 0 Å². The number of ketones is 1. The van der Waals surface area contributed by atoms with Crippen LogP contribution in [-0.4, -0.2) is 17.5 Å². The second kappa shape index (κ2) is 3.38. The van der Waals surface area contributed by atoms with Gasteiger partial charge < -0.3 is 5.11 Å². The summed E-state index contributed by atoms with van der Waals surface area (Å²) in [5.74, 6) is 2.30. The predicted octanol–water partition coefficient (Wildman–Crippen LogP) is 0.597. The number of hydrogen-bond acceptors (Lipinski definition) is 2. The molecule has 2 heteroatoms. The molecular weight excluding hydrogens is 128 g/mol. The second-order valence-electron chi connectivity index (χ2n) is 2.66. The minimum atomic E-state index is -0.727. The highest BCUT2D eigenvalue weighted by Crippen LogP contribution is 2.20. The molecule has 0 saturated carbocycles. The Bertz CT molecular complexity index is 167. The molecule has 0 heterocycles. The van der Waals surface area contributed by atoms with E-state index in [4.69, 9.17) is 11.5 Å². The molecular formula is C8H12O2. The van der Waals surface area contributed by atoms with Crippen LogP contribution in [-0.2, 0) is 4.79 Å². The van der Waals surface area contributed by atoms with Gasteiger partial charge in [0.2, 0.25) is 0 Å². The van der Waals surface area contributed by atoms with Crippen LogP contribution in [0.15, 0.2) is 0 Å². The molecule has 0 spiro atoms. The zero-order valence-corrected chi connectivity index (χ0v) is 6.35. The van der Waals surface area contributed by atoms with Crippen molar-refractivity contribution in [1.29, 1.82) is 0 Å². The molecule has 1 N–H and O–H groups in total. The molecule has 2 nitrogen and oxygen atoms in total. The second-order valence-corrected chi connectivity index (χ2v) is 2.66. The zero-order chi connectivity index (χ0) is 8.20. The molecule has 0 aromatic carbocycles. The van der Waals surface area contributed by atoms with Gasteiger partial charge in [0.05, 0.1) is 12.0 Å². The van der Waals surface area contributed by atoms with Crippen molar-refractivity contribution in [2.24, 2.45) is 5.41 Å². The van der Waals surface area contributed by atoms with Gasteiger partial charge >= 0.3 is 0 Å². The van der Waals surface area contributed by atoms with E-state index in [1.54, 1.807) is 6.92 Å². The largest absolute Gasteiger partial charge is 0.395 e. The number of rotatable bonds is 3. The van der Waals surface area contributed by atoms with Gasteiger partial charge in [0.25, 0.3) is 0 Å². The third kappa shape index (κ3) is 1.85. The van der Waals surface area contributed by atoms with Crippen molar-refractivity contribution in [1.82, 2.24) is 0 Å². The van der Waals surface area contributed by atoms with E-state index in [-0.39, 0.29) is 12.4 Å². The molecule has 1 atom stereocenters. The van der Waals surface area contributed by atoms with E-state index < -0.39 is 5.41 Å². The topological polar surface area (TPSA) is 37.3 Å². The molecule has 0 amide bonds. The number of aliphatic hydroxyl groups is 1. The normalized spacial score (nSPS) is 15.4. The van der Waals surface area contributed by atoms with Gasteiger partial charge in [-0.3, -0.25) is 4.79 Å². The molecule has 0 rings (SSSR count). The van der Waals surface area contributed by atoms with Gasteiger partial charge in [-0.05, 0) is 13.8 Å². The molecule has 0 fully saturated rings. The van der Waals surface area contributed by atoms with Crippen LogP contribution in [0.4, 0.5) is 0 Å². The highest BCUT2D eigenvalue weighted by atomic mass is 16.3. The molecule has 56 valence electrons. The van der Waals surface area contributed by atoms with Gasteiger partial charge in [-0.15, -0.1) is 12.3 Å². The van der Waals surface area contributed by atoms with Gasteiger partial charge in [-0.25, -0.2) is 0 Å². The number of hydrogen-bond donors (Lipinski definition) is 1. The lowest BCUT2D eigenvalue weighted by atomic mass is 9.84. The molecule has 0 aliphatic carbocycles. The summed E-state index contributed by atoms with van der Waals surface area (Å²) in [5.41, 5.74) is -0.727. The first-order valence-corrected chi connectivity index (χ1v) is 3.12. The van der Waals surface area contributed by atoms with E-state index in [2.05, 4.69) is 5.92 Å². The molecule has 0 saturated heterocycles. The van der Waals surface area contributed by atoms with Gasteiger partial charge in [0.15, 0.2) is 0 Å². The van der Waals surface area contributed by atoms with Crippen molar-refractivity contribution in [3.05, 3.63) is 0 Å². The Kier molecular flexibility index (Phi) is 3.11. The molecule has 0 aliphatic heterocycles. The average Bonchev–Trinajstić information content (AvgIpc) is 1.88. The van der Waals surface area contributed by atoms with E-state index in [9.17, 15) is 4.79 Å². The third-order valence-electron chi connectivity index (χ3n) is 1.69. The molecule has 1 unspecified atom stereocenters. The van der Waals surface area contributed by atoms with E-state index in [0.717, 1.165) is 0 Å². The van der Waals surface area contributed by atoms with Crippen molar-refractivity contribution >= 4 is 5.78 Å². The zero-order valence-electron chi connectivity index (χ0n) is 6.35. The van der Waals surface area contributed by atoms with Crippen molar-refractivity contribution < 1.29 is 9.90 Å². The van der Waals surface area contributed by atoms with Gasteiger partial charge in [0, 0.05) is 6.42 Å². The summed E-state index contributed by atoms with van der Waals surface area (Å²) in [6.07, 6.45) is 5.32. The maximum absolute atomic E-state index is 10.8. The monoisotopic (exact) mass is 140 g/mol. The van der Waals surface area contributed by atoms with Crippen molar-refractivity contribution in [2.45, 2.75) is 20.3 Å². The summed E-state index contributed by atoms with van der Waals surface area (Å²) >= 11 is 0. The van der Waals surface area contributed by atoms with E-state index in [0.29, 0.717) is 6.42 Å². The van der Waals surface area contributed by atoms with Crippen LogP contribution in [0.5, 0.6) is 0 Å². The number of carbonyl (C=O) groups excluding carboxylic acids is 1. The minimum absolute atomic E-state index is 0.0621. The standard InChI is InChI=1S/C8H12O2/c1-4-5-8(3,6-9)7(2)10/h1,9H,5-6H2,2-3H3. The van der Waals surface area contributed by atoms with Gasteiger partial charge in [-0.2, -0.15) is 0 Å². The van der Waals surface area contributed by atoms with Crippen LogP contribution in [0.3, 0.4) is 0 Å². The smallest absolute Gasteiger partial charge is 0.138 e.